The standard InChI is InChI=1S/C6H5FN6O/c1-4-5(7)9-11-13(4)6(14)12-3-2-8-10-12/h2-3H,1H3. The Morgan fingerprint density at radius 1 is 1.50 bits per heavy atom. The molecule has 0 saturated heterocycles. The zero-order valence-corrected chi connectivity index (χ0v) is 7.12. The minimum absolute atomic E-state index is 0.0329. The molecular weight excluding hydrogens is 191 g/mol. The first-order valence-electron chi connectivity index (χ1n) is 3.69. The van der Waals surface area contributed by atoms with Crippen LogP contribution in [0.25, 0.3) is 0 Å². The SMILES string of the molecule is Cc1c(F)nnn1C(=O)n1ccnn1. The van der Waals surface area contributed by atoms with Crippen molar-refractivity contribution in [3.05, 3.63) is 24.0 Å². The Morgan fingerprint density at radius 3 is 2.79 bits per heavy atom. The maximum Gasteiger partial charge on any atom is 0.372 e. The fraction of sp³-hybridized carbons (Fsp3) is 0.167. The average molecular weight is 196 g/mol. The van der Waals surface area contributed by atoms with Crippen LogP contribution in [0.4, 0.5) is 9.18 Å². The molecule has 0 atom stereocenters. The maximum absolute atomic E-state index is 12.7. The van der Waals surface area contributed by atoms with Crippen molar-refractivity contribution in [1.82, 2.24) is 30.0 Å². The van der Waals surface area contributed by atoms with Gasteiger partial charge in [-0.2, -0.15) is 13.8 Å². The van der Waals surface area contributed by atoms with Gasteiger partial charge in [0, 0.05) is 0 Å². The quantitative estimate of drug-likeness (QED) is 0.584. The molecule has 8 heteroatoms. The van der Waals surface area contributed by atoms with Crippen LogP contribution in [0, 0.1) is 12.9 Å². The minimum Gasteiger partial charge on any atom is -0.243 e. The molecule has 0 fully saturated rings. The highest BCUT2D eigenvalue weighted by atomic mass is 19.1. The number of hydrogen-bond acceptors (Lipinski definition) is 5. The van der Waals surface area contributed by atoms with Crippen molar-refractivity contribution >= 4 is 6.03 Å². The number of aromatic nitrogens is 6. The third-order valence-corrected chi connectivity index (χ3v) is 1.64. The first-order chi connectivity index (χ1) is 6.70. The molecule has 2 heterocycles. The van der Waals surface area contributed by atoms with E-state index in [1.165, 1.54) is 19.3 Å². The number of carbonyl (C=O) groups is 1. The molecule has 0 aromatic carbocycles. The van der Waals surface area contributed by atoms with Gasteiger partial charge in [-0.05, 0) is 6.92 Å². The van der Waals surface area contributed by atoms with Crippen molar-refractivity contribution < 1.29 is 9.18 Å². The zero-order valence-electron chi connectivity index (χ0n) is 7.12. The molecular formula is C6H5FN6O. The molecule has 0 unspecified atom stereocenters. The van der Waals surface area contributed by atoms with Crippen molar-refractivity contribution in [2.24, 2.45) is 0 Å². The van der Waals surface area contributed by atoms with Gasteiger partial charge in [0.2, 0.25) is 0 Å². The highest BCUT2D eigenvalue weighted by molar-refractivity contribution is 5.77. The van der Waals surface area contributed by atoms with E-state index in [0.717, 1.165) is 9.36 Å². The molecule has 72 valence electrons. The van der Waals surface area contributed by atoms with Crippen LogP contribution in [-0.4, -0.2) is 36.0 Å². The van der Waals surface area contributed by atoms with E-state index in [2.05, 4.69) is 20.6 Å². The van der Waals surface area contributed by atoms with Crippen molar-refractivity contribution in [2.45, 2.75) is 6.92 Å². The Labute approximate surface area is 77.1 Å². The topological polar surface area (TPSA) is 78.5 Å². The number of carbonyl (C=O) groups excluding carboxylic acids is 1. The lowest BCUT2D eigenvalue weighted by Crippen LogP contribution is -2.22. The summed E-state index contributed by atoms with van der Waals surface area (Å²) >= 11 is 0. The molecule has 2 aromatic rings. The van der Waals surface area contributed by atoms with Gasteiger partial charge in [0.15, 0.2) is 0 Å². The lowest BCUT2D eigenvalue weighted by molar-refractivity contribution is 0.236. The lowest BCUT2D eigenvalue weighted by Gasteiger charge is -1.98. The summed E-state index contributed by atoms with van der Waals surface area (Å²) in [5.41, 5.74) is 0.0329. The summed E-state index contributed by atoms with van der Waals surface area (Å²) in [6, 6.07) is -0.628. The van der Waals surface area contributed by atoms with Gasteiger partial charge < -0.3 is 0 Å². The fourth-order valence-corrected chi connectivity index (χ4v) is 0.900. The Morgan fingerprint density at radius 2 is 2.29 bits per heavy atom. The summed E-state index contributed by atoms with van der Waals surface area (Å²) in [7, 11) is 0. The predicted molar refractivity (Wildman–Crippen MR) is 40.9 cm³/mol. The molecule has 0 saturated carbocycles. The van der Waals surface area contributed by atoms with E-state index in [1.54, 1.807) is 0 Å². The summed E-state index contributed by atoms with van der Waals surface area (Å²) in [6.45, 7) is 1.39. The van der Waals surface area contributed by atoms with Crippen LogP contribution in [0.2, 0.25) is 0 Å². The first kappa shape index (κ1) is 8.48. The summed E-state index contributed by atoms with van der Waals surface area (Å²) in [5, 5.41) is 13.3. The Bertz CT molecular complexity index is 461. The smallest absolute Gasteiger partial charge is 0.243 e. The molecule has 2 rings (SSSR count). The van der Waals surface area contributed by atoms with Crippen LogP contribution in [0.15, 0.2) is 12.4 Å². The third kappa shape index (κ3) is 1.16. The third-order valence-electron chi connectivity index (χ3n) is 1.64. The Kier molecular flexibility index (Phi) is 1.80. The van der Waals surface area contributed by atoms with Crippen LogP contribution in [0.1, 0.15) is 5.69 Å². The van der Waals surface area contributed by atoms with Crippen molar-refractivity contribution in [3.8, 4) is 0 Å². The van der Waals surface area contributed by atoms with Crippen molar-refractivity contribution in [2.75, 3.05) is 0 Å². The highest BCUT2D eigenvalue weighted by Crippen LogP contribution is 2.01. The van der Waals surface area contributed by atoms with Gasteiger partial charge in [-0.1, -0.05) is 15.5 Å². The van der Waals surface area contributed by atoms with E-state index < -0.39 is 12.0 Å². The molecule has 0 spiro atoms. The van der Waals surface area contributed by atoms with Gasteiger partial charge in [-0.3, -0.25) is 0 Å². The van der Waals surface area contributed by atoms with Crippen LogP contribution in [0.3, 0.4) is 0 Å². The molecule has 0 amide bonds. The van der Waals surface area contributed by atoms with Gasteiger partial charge >= 0.3 is 6.03 Å². The lowest BCUT2D eigenvalue weighted by atomic mass is 10.5. The molecule has 0 radical (unpaired) electrons. The summed E-state index contributed by atoms with van der Waals surface area (Å²) in [5.74, 6) is -0.779. The van der Waals surface area contributed by atoms with E-state index in [9.17, 15) is 9.18 Å². The van der Waals surface area contributed by atoms with Gasteiger partial charge in [-0.25, -0.2) is 4.79 Å². The monoisotopic (exact) mass is 196 g/mol. The van der Waals surface area contributed by atoms with Gasteiger partial charge in [0.05, 0.1) is 12.4 Å². The minimum atomic E-state index is -0.779. The number of halogens is 1. The Balaban J connectivity index is 2.42. The molecule has 0 aliphatic carbocycles. The van der Waals surface area contributed by atoms with Crippen LogP contribution >= 0.6 is 0 Å². The number of nitrogens with zero attached hydrogens (tertiary/aromatic N) is 6. The van der Waals surface area contributed by atoms with Crippen LogP contribution in [0.5, 0.6) is 0 Å². The molecule has 0 aliphatic rings. The average Bonchev–Trinajstić information content (AvgIpc) is 2.77. The second kappa shape index (κ2) is 2.98. The summed E-state index contributed by atoms with van der Waals surface area (Å²) < 4.78 is 14.5. The second-order valence-corrected chi connectivity index (χ2v) is 2.51. The second-order valence-electron chi connectivity index (χ2n) is 2.51. The summed E-state index contributed by atoms with van der Waals surface area (Å²) in [4.78, 5) is 11.5. The van der Waals surface area contributed by atoms with Crippen LogP contribution in [-0.2, 0) is 0 Å². The molecule has 7 nitrogen and oxygen atoms in total. The number of rotatable bonds is 0. The first-order valence-corrected chi connectivity index (χ1v) is 3.69. The van der Waals surface area contributed by atoms with E-state index in [1.807, 2.05) is 0 Å². The van der Waals surface area contributed by atoms with Crippen molar-refractivity contribution in [1.29, 1.82) is 0 Å². The Hall–Kier alpha value is -2.12. The van der Waals surface area contributed by atoms with E-state index in [0.29, 0.717) is 0 Å². The fourth-order valence-electron chi connectivity index (χ4n) is 0.900. The van der Waals surface area contributed by atoms with E-state index in [-0.39, 0.29) is 5.69 Å². The highest BCUT2D eigenvalue weighted by Gasteiger charge is 2.16. The van der Waals surface area contributed by atoms with Crippen molar-refractivity contribution in [3.63, 3.8) is 0 Å². The summed E-state index contributed by atoms with van der Waals surface area (Å²) in [6.07, 6.45) is 2.67. The van der Waals surface area contributed by atoms with Gasteiger partial charge in [0.1, 0.15) is 5.69 Å². The zero-order chi connectivity index (χ0) is 10.1. The van der Waals surface area contributed by atoms with Gasteiger partial charge in [0.25, 0.3) is 5.95 Å². The normalized spacial score (nSPS) is 10.4. The van der Waals surface area contributed by atoms with E-state index >= 15 is 0 Å². The number of hydrogen-bond donors (Lipinski definition) is 0. The van der Waals surface area contributed by atoms with E-state index in [4.69, 9.17) is 0 Å². The largest absolute Gasteiger partial charge is 0.372 e. The maximum atomic E-state index is 12.7. The predicted octanol–water partition coefficient (Wildman–Crippen LogP) is -0.166. The molecule has 0 N–H and O–H groups in total. The molecule has 0 bridgehead atoms. The molecule has 2 aromatic heterocycles. The van der Waals surface area contributed by atoms with Gasteiger partial charge in [-0.15, -0.1) is 5.10 Å². The van der Waals surface area contributed by atoms with Crippen LogP contribution < -0.4 is 0 Å². The molecule has 14 heavy (non-hydrogen) atoms. The molecule has 0 aliphatic heterocycles.